The Morgan fingerprint density at radius 3 is 2.58 bits per heavy atom. The van der Waals surface area contributed by atoms with Crippen molar-refractivity contribution in [1.29, 1.82) is 0 Å². The Bertz CT molecular complexity index is 1850. The molecule has 0 fully saturated rings. The Hall–Kier alpha value is -5.42. The van der Waals surface area contributed by atoms with Crippen molar-refractivity contribution in [3.8, 4) is 22.8 Å². The maximum atomic E-state index is 12.1. The van der Waals surface area contributed by atoms with Crippen molar-refractivity contribution in [3.05, 3.63) is 84.2 Å². The van der Waals surface area contributed by atoms with Crippen LogP contribution < -0.4 is 20.3 Å². The molecule has 0 spiro atoms. The Kier molecular flexibility index (Phi) is 9.29. The van der Waals surface area contributed by atoms with Gasteiger partial charge in [0, 0.05) is 67.6 Å². The summed E-state index contributed by atoms with van der Waals surface area (Å²) in [5, 5.41) is 17.8. The second kappa shape index (κ2) is 13.5. The first kappa shape index (κ1) is 31.0. The number of anilines is 4. The molecule has 5 aromatic rings. The average molecular weight is 608 g/mol. The van der Waals surface area contributed by atoms with Gasteiger partial charge in [0.1, 0.15) is 11.5 Å². The van der Waals surface area contributed by atoms with Crippen LogP contribution in [-0.4, -0.2) is 78.1 Å². The average Bonchev–Trinajstić information content (AvgIpc) is 3.39. The first-order chi connectivity index (χ1) is 21.7. The van der Waals surface area contributed by atoms with Gasteiger partial charge >= 0.3 is 0 Å². The predicted molar refractivity (Wildman–Crippen MR) is 178 cm³/mol. The number of aldehydes is 1. The van der Waals surface area contributed by atoms with Crippen LogP contribution >= 0.6 is 0 Å². The number of phenols is 1. The summed E-state index contributed by atoms with van der Waals surface area (Å²) < 4.78 is 7.76. The van der Waals surface area contributed by atoms with Crippen LogP contribution in [0.15, 0.2) is 73.1 Å². The first-order valence-corrected chi connectivity index (χ1v) is 14.5. The number of rotatable bonds is 12. The van der Waals surface area contributed by atoms with Crippen LogP contribution in [0.5, 0.6) is 11.5 Å². The second-order valence-electron chi connectivity index (χ2n) is 11.0. The molecule has 0 saturated heterocycles. The van der Waals surface area contributed by atoms with E-state index in [4.69, 9.17) is 9.72 Å². The van der Waals surface area contributed by atoms with Crippen LogP contribution in [0.4, 0.5) is 23.0 Å². The molecule has 3 N–H and O–H groups in total. The van der Waals surface area contributed by atoms with Crippen LogP contribution in [0.1, 0.15) is 22.8 Å². The molecule has 0 atom stereocenters. The predicted octanol–water partition coefficient (Wildman–Crippen LogP) is 5.37. The number of para-hydroxylation sites is 2. The van der Waals surface area contributed by atoms with Crippen LogP contribution in [-0.2, 0) is 11.3 Å². The first-order valence-electron chi connectivity index (χ1n) is 14.5. The number of fused-ring (bicyclic) bond motifs is 1. The van der Waals surface area contributed by atoms with E-state index in [-0.39, 0.29) is 17.2 Å². The fraction of sp³-hybridized carbons (Fsp3) is 0.235. The van der Waals surface area contributed by atoms with E-state index in [2.05, 4.69) is 25.4 Å². The molecule has 0 aliphatic carbocycles. The standard InChI is InChI=1S/C34H37N7O4/c1-22(43)36-28-17-29(32(45-5)18-31(28)40(4)16-15-39(2)3)38-34-35-14-13-27(37-34)26-20-41(30-12-7-6-11-25(26)30)19-23-9-8-10-24(21-42)33(23)44/h6-14,17-18,20-21,44H,15-16,19H2,1-5H3,(H,36,43)(H,35,37,38). The Labute approximate surface area is 262 Å². The summed E-state index contributed by atoms with van der Waals surface area (Å²) >= 11 is 0. The molecular weight excluding hydrogens is 570 g/mol. The highest BCUT2D eigenvalue weighted by atomic mass is 16.5. The van der Waals surface area contributed by atoms with Crippen LogP contribution in [0.2, 0.25) is 0 Å². The highest BCUT2D eigenvalue weighted by Gasteiger charge is 2.18. The quantitative estimate of drug-likeness (QED) is 0.161. The number of benzene rings is 3. The molecule has 1 amide bonds. The van der Waals surface area contributed by atoms with Crippen LogP contribution in [0, 0.1) is 0 Å². The minimum absolute atomic E-state index is 0.0251. The van der Waals surface area contributed by atoms with Gasteiger partial charge in [-0.3, -0.25) is 9.59 Å². The van der Waals surface area contributed by atoms with Gasteiger partial charge in [0.2, 0.25) is 11.9 Å². The summed E-state index contributed by atoms with van der Waals surface area (Å²) in [6.45, 7) is 3.42. The number of nitrogens with one attached hydrogen (secondary N) is 2. The molecule has 11 nitrogen and oxygen atoms in total. The van der Waals surface area contributed by atoms with Crippen molar-refractivity contribution in [1.82, 2.24) is 19.4 Å². The lowest BCUT2D eigenvalue weighted by Crippen LogP contribution is -2.29. The monoisotopic (exact) mass is 607 g/mol. The summed E-state index contributed by atoms with van der Waals surface area (Å²) in [6, 6.07) is 18.6. The van der Waals surface area contributed by atoms with Gasteiger partial charge in [-0.25, -0.2) is 9.97 Å². The number of carbonyl (C=O) groups is 2. The zero-order chi connectivity index (χ0) is 32.1. The van der Waals surface area contributed by atoms with Crippen LogP contribution in [0.3, 0.4) is 0 Å². The van der Waals surface area contributed by atoms with E-state index in [0.29, 0.717) is 47.2 Å². The minimum Gasteiger partial charge on any atom is -0.507 e. The van der Waals surface area contributed by atoms with E-state index >= 15 is 0 Å². The summed E-state index contributed by atoms with van der Waals surface area (Å²) in [6.07, 6.45) is 4.32. The van der Waals surface area contributed by atoms with Crippen molar-refractivity contribution in [2.24, 2.45) is 0 Å². The Morgan fingerprint density at radius 1 is 1.04 bits per heavy atom. The second-order valence-corrected chi connectivity index (χ2v) is 11.0. The molecule has 11 heteroatoms. The molecule has 0 saturated carbocycles. The molecule has 0 aliphatic heterocycles. The van der Waals surface area contributed by atoms with Gasteiger partial charge < -0.3 is 34.8 Å². The number of amides is 1. The molecule has 0 radical (unpaired) electrons. The van der Waals surface area contributed by atoms with Crippen molar-refractivity contribution in [3.63, 3.8) is 0 Å². The Balaban J connectivity index is 1.50. The van der Waals surface area contributed by atoms with E-state index < -0.39 is 0 Å². The third-order valence-corrected chi connectivity index (χ3v) is 7.51. The van der Waals surface area contributed by atoms with E-state index in [9.17, 15) is 14.7 Å². The van der Waals surface area contributed by atoms with E-state index in [1.165, 1.54) is 6.92 Å². The lowest BCUT2D eigenvalue weighted by atomic mass is 10.1. The van der Waals surface area contributed by atoms with Gasteiger partial charge in [-0.15, -0.1) is 0 Å². The maximum absolute atomic E-state index is 12.1. The van der Waals surface area contributed by atoms with Gasteiger partial charge in [0.25, 0.3) is 0 Å². The zero-order valence-corrected chi connectivity index (χ0v) is 26.0. The van der Waals surface area contributed by atoms with Crippen molar-refractivity contribution in [2.75, 3.05) is 56.9 Å². The van der Waals surface area contributed by atoms with E-state index in [0.717, 1.165) is 35.2 Å². The number of aromatic nitrogens is 3. The lowest BCUT2D eigenvalue weighted by molar-refractivity contribution is -0.114. The Morgan fingerprint density at radius 2 is 1.84 bits per heavy atom. The number of likely N-dealkylation sites (N-methyl/N-ethyl adjacent to an activating group) is 2. The van der Waals surface area contributed by atoms with E-state index in [1.54, 1.807) is 31.5 Å². The SMILES string of the molecule is COc1cc(N(C)CCN(C)C)c(NC(C)=O)cc1Nc1nccc(-c2cn(Cc3cccc(C=O)c3O)c3ccccc23)n1. The molecule has 0 unspecified atom stereocenters. The third-order valence-electron chi connectivity index (χ3n) is 7.51. The number of aromatic hydroxyl groups is 1. The van der Waals surface area contributed by atoms with E-state index in [1.807, 2.05) is 74.4 Å². The number of hydrogen-bond donors (Lipinski definition) is 3. The van der Waals surface area contributed by atoms with Crippen molar-refractivity contribution in [2.45, 2.75) is 13.5 Å². The summed E-state index contributed by atoms with van der Waals surface area (Å²) in [7, 11) is 7.60. The number of phenolic OH excluding ortho intramolecular Hbond substituents is 1. The van der Waals surface area contributed by atoms with Gasteiger partial charge in [-0.1, -0.05) is 30.3 Å². The molecule has 0 aliphatic rings. The van der Waals surface area contributed by atoms with Gasteiger partial charge in [0.05, 0.1) is 42.0 Å². The third kappa shape index (κ3) is 6.89. The van der Waals surface area contributed by atoms with Crippen molar-refractivity contribution >= 4 is 46.1 Å². The number of ether oxygens (including phenoxy) is 1. The molecule has 5 rings (SSSR count). The minimum atomic E-state index is -0.186. The fourth-order valence-corrected chi connectivity index (χ4v) is 5.20. The largest absolute Gasteiger partial charge is 0.507 e. The number of carbonyl (C=O) groups excluding carboxylic acids is 2. The van der Waals surface area contributed by atoms with Crippen molar-refractivity contribution < 1.29 is 19.4 Å². The highest BCUT2D eigenvalue weighted by Crippen LogP contribution is 2.38. The molecule has 3 aromatic carbocycles. The lowest BCUT2D eigenvalue weighted by Gasteiger charge is -2.25. The molecular formula is C34H37N7O4. The number of nitrogens with zero attached hydrogens (tertiary/aromatic N) is 5. The zero-order valence-electron chi connectivity index (χ0n) is 26.0. The normalized spacial score (nSPS) is 11.1. The molecule has 2 aromatic heterocycles. The van der Waals surface area contributed by atoms with Gasteiger partial charge in [-0.2, -0.15) is 0 Å². The number of hydrogen-bond acceptors (Lipinski definition) is 9. The molecule has 232 valence electrons. The summed E-state index contributed by atoms with van der Waals surface area (Å²) in [5.41, 5.74) is 5.45. The van der Waals surface area contributed by atoms with Crippen LogP contribution in [0.25, 0.3) is 22.2 Å². The van der Waals surface area contributed by atoms with Gasteiger partial charge in [0.15, 0.2) is 6.29 Å². The van der Waals surface area contributed by atoms with Gasteiger partial charge in [-0.05, 0) is 38.4 Å². The molecule has 45 heavy (non-hydrogen) atoms. The smallest absolute Gasteiger partial charge is 0.227 e. The number of methoxy groups -OCH3 is 1. The highest BCUT2D eigenvalue weighted by molar-refractivity contribution is 5.96. The topological polar surface area (TPSA) is 125 Å². The molecule has 2 heterocycles. The maximum Gasteiger partial charge on any atom is 0.227 e. The summed E-state index contributed by atoms with van der Waals surface area (Å²) in [4.78, 5) is 37.0. The molecule has 0 bridgehead atoms. The fourth-order valence-electron chi connectivity index (χ4n) is 5.20. The summed E-state index contributed by atoms with van der Waals surface area (Å²) in [5.74, 6) is 0.706.